The fraction of sp³-hybridized carbons (Fsp3) is 0.429. The molecule has 0 bridgehead atoms. The number of carbonyl (C=O) groups excluding carboxylic acids is 2. The third-order valence-corrected chi connectivity index (χ3v) is 11.4. The molecule has 43 heavy (non-hydrogen) atoms. The molecule has 1 fully saturated rings. The summed E-state index contributed by atoms with van der Waals surface area (Å²) in [6.07, 6.45) is 9.89. The van der Waals surface area contributed by atoms with Gasteiger partial charge in [0.25, 0.3) is 5.91 Å². The number of aryl methyl sites for hydroxylation is 1. The van der Waals surface area contributed by atoms with Crippen LogP contribution in [-0.4, -0.2) is 43.6 Å². The van der Waals surface area contributed by atoms with Gasteiger partial charge in [-0.15, -0.1) is 0 Å². The van der Waals surface area contributed by atoms with Crippen LogP contribution >= 0.6 is 11.8 Å². The zero-order valence-corrected chi connectivity index (χ0v) is 26.7. The fourth-order valence-corrected chi connectivity index (χ4v) is 8.32. The maximum atomic E-state index is 13.9. The summed E-state index contributed by atoms with van der Waals surface area (Å²) in [4.78, 5) is 25.6. The molecule has 2 atom stereocenters. The summed E-state index contributed by atoms with van der Waals surface area (Å²) >= 11 is 1.50. The number of carboxylic acids is 1. The first-order valence-electron chi connectivity index (χ1n) is 15.2. The van der Waals surface area contributed by atoms with Gasteiger partial charge in [0, 0.05) is 5.56 Å². The minimum Gasteiger partial charge on any atom is -0.548 e. The highest BCUT2D eigenvalue weighted by Gasteiger charge is 2.29. The highest BCUT2D eigenvalue weighted by molar-refractivity contribution is 7.98. The Bertz CT molecular complexity index is 1480. The SMILES string of the molecule is CSCCC(NC(=O)c1ccc(CC(CCC2CCCCC2)S(=O)(=O)c2ccccc2)cc1-c1ccccc1C)C(=O)[O-]. The molecular weight excluding hydrogens is 579 g/mol. The number of benzene rings is 3. The summed E-state index contributed by atoms with van der Waals surface area (Å²) in [5, 5.41) is 13.8. The second-order valence-electron chi connectivity index (χ2n) is 11.6. The van der Waals surface area contributed by atoms with Crippen LogP contribution in [0.1, 0.15) is 72.9 Å². The number of amides is 1. The van der Waals surface area contributed by atoms with E-state index in [2.05, 4.69) is 5.32 Å². The third kappa shape index (κ3) is 8.73. The number of sulfone groups is 1. The molecule has 1 N–H and O–H groups in total. The van der Waals surface area contributed by atoms with Gasteiger partial charge in [0.15, 0.2) is 9.84 Å². The average Bonchev–Trinajstić information content (AvgIpc) is 3.02. The van der Waals surface area contributed by atoms with Crippen molar-refractivity contribution in [1.29, 1.82) is 0 Å². The molecule has 4 rings (SSSR count). The number of aliphatic carboxylic acids is 1. The van der Waals surface area contributed by atoms with Gasteiger partial charge in [-0.3, -0.25) is 4.79 Å². The molecule has 0 aliphatic heterocycles. The number of nitrogens with one attached hydrogen (secondary N) is 1. The molecule has 0 spiro atoms. The number of rotatable bonds is 14. The van der Waals surface area contributed by atoms with Crippen LogP contribution in [0.3, 0.4) is 0 Å². The normalized spacial score (nSPS) is 15.5. The van der Waals surface area contributed by atoms with E-state index in [1.165, 1.54) is 31.0 Å². The standard InChI is InChI=1S/C35H43NO5S2/c1-25-11-9-10-16-30(25)32-24-27(18-20-31(32)34(37)36-33(35(38)39)21-22-42-2)23-29(19-17-26-12-5-3-6-13-26)43(40,41)28-14-7-4-8-15-28/h4,7-11,14-16,18,20,24,26,29,33H,3,5-6,12-13,17,19,21-23H2,1-2H3,(H,36,37)(H,38,39)/p-1. The predicted octanol–water partition coefficient (Wildman–Crippen LogP) is 6.01. The van der Waals surface area contributed by atoms with Crippen molar-refractivity contribution in [2.45, 2.75) is 80.9 Å². The molecule has 1 amide bonds. The van der Waals surface area contributed by atoms with Crippen LogP contribution in [0.5, 0.6) is 0 Å². The Morgan fingerprint density at radius 1 is 0.930 bits per heavy atom. The van der Waals surface area contributed by atoms with Crippen molar-refractivity contribution >= 4 is 33.5 Å². The third-order valence-electron chi connectivity index (χ3n) is 8.56. The van der Waals surface area contributed by atoms with Crippen molar-refractivity contribution in [3.05, 3.63) is 89.5 Å². The quantitative estimate of drug-likeness (QED) is 0.237. The molecule has 3 aromatic rings. The molecule has 3 aromatic carbocycles. The molecule has 230 valence electrons. The predicted molar refractivity (Wildman–Crippen MR) is 173 cm³/mol. The number of carbonyl (C=O) groups is 2. The van der Waals surface area contributed by atoms with Crippen molar-refractivity contribution in [2.24, 2.45) is 5.92 Å². The van der Waals surface area contributed by atoms with E-state index in [4.69, 9.17) is 0 Å². The molecule has 1 aliphatic rings. The largest absolute Gasteiger partial charge is 0.548 e. The van der Waals surface area contributed by atoms with Gasteiger partial charge in [-0.1, -0.05) is 86.7 Å². The molecule has 8 heteroatoms. The Labute approximate surface area is 260 Å². The minimum absolute atomic E-state index is 0.257. The smallest absolute Gasteiger partial charge is 0.252 e. The topological polar surface area (TPSA) is 103 Å². The monoisotopic (exact) mass is 620 g/mol. The first-order chi connectivity index (χ1) is 20.7. The van der Waals surface area contributed by atoms with E-state index in [1.807, 2.05) is 49.6 Å². The lowest BCUT2D eigenvalue weighted by Gasteiger charge is -2.25. The van der Waals surface area contributed by atoms with E-state index < -0.39 is 33.0 Å². The molecular formula is C35H42NO5S2-. The fourth-order valence-electron chi connectivity index (χ4n) is 6.06. The molecule has 0 heterocycles. The number of hydrogen-bond acceptors (Lipinski definition) is 6. The second-order valence-corrected chi connectivity index (χ2v) is 14.8. The highest BCUT2D eigenvalue weighted by Crippen LogP contribution is 2.33. The zero-order chi connectivity index (χ0) is 30.8. The summed E-state index contributed by atoms with van der Waals surface area (Å²) in [5.74, 6) is -0.687. The molecule has 1 saturated carbocycles. The molecule has 0 saturated heterocycles. The summed E-state index contributed by atoms with van der Waals surface area (Å²) in [5.41, 5.74) is 3.62. The lowest BCUT2D eigenvalue weighted by atomic mass is 9.85. The van der Waals surface area contributed by atoms with Crippen molar-refractivity contribution in [3.63, 3.8) is 0 Å². The molecule has 2 unspecified atom stereocenters. The van der Waals surface area contributed by atoms with E-state index in [0.717, 1.165) is 36.0 Å². The summed E-state index contributed by atoms with van der Waals surface area (Å²) in [6, 6.07) is 20.7. The zero-order valence-electron chi connectivity index (χ0n) is 25.1. The Morgan fingerprint density at radius 3 is 2.30 bits per heavy atom. The lowest BCUT2D eigenvalue weighted by Crippen LogP contribution is -2.48. The van der Waals surface area contributed by atoms with Gasteiger partial charge in [0.2, 0.25) is 0 Å². The first kappa shape index (κ1) is 32.8. The van der Waals surface area contributed by atoms with Gasteiger partial charge < -0.3 is 15.2 Å². The molecule has 1 aliphatic carbocycles. The van der Waals surface area contributed by atoms with Crippen molar-refractivity contribution < 1.29 is 23.1 Å². The maximum absolute atomic E-state index is 13.9. The molecule has 0 radical (unpaired) electrons. The van der Waals surface area contributed by atoms with Crippen LogP contribution in [0.25, 0.3) is 11.1 Å². The summed E-state index contributed by atoms with van der Waals surface area (Å²) in [7, 11) is -3.60. The number of hydrogen-bond donors (Lipinski definition) is 1. The van der Waals surface area contributed by atoms with Crippen LogP contribution in [0.2, 0.25) is 0 Å². The van der Waals surface area contributed by atoms with Gasteiger partial charge in [-0.25, -0.2) is 8.42 Å². The Morgan fingerprint density at radius 2 is 1.63 bits per heavy atom. The van der Waals surface area contributed by atoms with Crippen molar-refractivity contribution in [3.8, 4) is 11.1 Å². The van der Waals surface area contributed by atoms with E-state index in [-0.39, 0.29) is 6.42 Å². The number of carboxylic acid groups (broad SMARTS) is 1. The van der Waals surface area contributed by atoms with E-state index in [0.29, 0.717) is 40.5 Å². The van der Waals surface area contributed by atoms with E-state index in [1.54, 1.807) is 36.4 Å². The lowest BCUT2D eigenvalue weighted by molar-refractivity contribution is -0.308. The van der Waals surface area contributed by atoms with Gasteiger partial charge >= 0.3 is 0 Å². The molecule has 6 nitrogen and oxygen atoms in total. The first-order valence-corrected chi connectivity index (χ1v) is 18.1. The van der Waals surface area contributed by atoms with Crippen molar-refractivity contribution in [2.75, 3.05) is 12.0 Å². The van der Waals surface area contributed by atoms with Gasteiger partial charge in [-0.05, 0) is 91.0 Å². The second kappa shape index (κ2) is 15.6. The van der Waals surface area contributed by atoms with Gasteiger partial charge in [-0.2, -0.15) is 11.8 Å². The summed E-state index contributed by atoms with van der Waals surface area (Å²) in [6.45, 7) is 1.96. The Hall–Kier alpha value is -3.10. The number of thioether (sulfide) groups is 1. The van der Waals surface area contributed by atoms with Crippen LogP contribution in [0.15, 0.2) is 77.7 Å². The van der Waals surface area contributed by atoms with E-state index in [9.17, 15) is 23.1 Å². The van der Waals surface area contributed by atoms with Crippen LogP contribution in [0.4, 0.5) is 0 Å². The molecule has 0 aromatic heterocycles. The van der Waals surface area contributed by atoms with Crippen LogP contribution in [0, 0.1) is 12.8 Å². The van der Waals surface area contributed by atoms with Crippen LogP contribution < -0.4 is 10.4 Å². The van der Waals surface area contributed by atoms with Gasteiger partial charge in [0.1, 0.15) is 0 Å². The Balaban J connectivity index is 1.69. The van der Waals surface area contributed by atoms with Gasteiger partial charge in [0.05, 0.1) is 22.2 Å². The van der Waals surface area contributed by atoms with E-state index >= 15 is 0 Å². The Kier molecular flexibility index (Phi) is 11.9. The average molecular weight is 621 g/mol. The van der Waals surface area contributed by atoms with Crippen molar-refractivity contribution in [1.82, 2.24) is 5.32 Å². The summed E-state index contributed by atoms with van der Waals surface area (Å²) < 4.78 is 27.9. The maximum Gasteiger partial charge on any atom is 0.252 e. The minimum atomic E-state index is -3.60. The van der Waals surface area contributed by atoms with Crippen LogP contribution in [-0.2, 0) is 21.1 Å². The highest BCUT2D eigenvalue weighted by atomic mass is 32.2.